The summed E-state index contributed by atoms with van der Waals surface area (Å²) in [7, 11) is 0. The summed E-state index contributed by atoms with van der Waals surface area (Å²) in [5, 5.41) is 7.67. The molecule has 0 radical (unpaired) electrons. The molecule has 0 bridgehead atoms. The van der Waals surface area contributed by atoms with Gasteiger partial charge in [-0.05, 0) is 53.1 Å². The quantitative estimate of drug-likeness (QED) is 0.490. The number of carbonyl (C=O) groups is 2. The Labute approximate surface area is 194 Å². The van der Waals surface area contributed by atoms with Gasteiger partial charge in [-0.15, -0.1) is 0 Å². The molecule has 3 atom stereocenters. The van der Waals surface area contributed by atoms with Crippen molar-refractivity contribution in [1.29, 1.82) is 0 Å². The standard InChI is InChI=1S/C24H17Cl3N2O2/c25-15-5-1-3-13(9-15)19-12-21(30)29-22(14-4-2-6-16(26)10-14)24(19)18-8-7-17(27)11-20(18)28-23(24)31/h1-11,19,22H,12H2,(H,28,31)(H,29,30). The third kappa shape index (κ3) is 3.21. The number of nitrogens with one attached hydrogen (secondary N) is 2. The van der Waals surface area contributed by atoms with Crippen LogP contribution in [0.4, 0.5) is 5.69 Å². The highest BCUT2D eigenvalue weighted by molar-refractivity contribution is 6.31. The van der Waals surface area contributed by atoms with E-state index in [1.807, 2.05) is 36.4 Å². The number of benzene rings is 3. The second-order valence-electron chi connectivity index (χ2n) is 7.88. The zero-order valence-corrected chi connectivity index (χ0v) is 18.4. The number of amides is 2. The van der Waals surface area contributed by atoms with E-state index in [4.69, 9.17) is 34.8 Å². The molecule has 2 heterocycles. The van der Waals surface area contributed by atoms with Gasteiger partial charge in [-0.25, -0.2) is 0 Å². The average Bonchev–Trinajstić information content (AvgIpc) is 3.01. The van der Waals surface area contributed by atoms with Crippen LogP contribution in [0.1, 0.15) is 35.1 Å². The Bertz CT molecular complexity index is 1170. The zero-order valence-electron chi connectivity index (χ0n) is 16.2. The smallest absolute Gasteiger partial charge is 0.238 e. The van der Waals surface area contributed by atoms with E-state index in [0.717, 1.165) is 16.7 Å². The van der Waals surface area contributed by atoms with Crippen LogP contribution in [0.25, 0.3) is 0 Å². The Hall–Kier alpha value is -2.53. The molecule has 1 saturated heterocycles. The molecular weight excluding hydrogens is 455 g/mol. The molecule has 2 aliphatic rings. The summed E-state index contributed by atoms with van der Waals surface area (Å²) in [6, 6.07) is 19.3. The summed E-state index contributed by atoms with van der Waals surface area (Å²) in [6.07, 6.45) is 0.146. The first-order valence-electron chi connectivity index (χ1n) is 9.81. The Kier molecular flexibility index (Phi) is 4.97. The molecule has 0 aromatic heterocycles. The van der Waals surface area contributed by atoms with Gasteiger partial charge in [0.1, 0.15) is 5.41 Å². The minimum Gasteiger partial charge on any atom is -0.348 e. The fourth-order valence-corrected chi connectivity index (χ4v) is 5.55. The van der Waals surface area contributed by atoms with Crippen LogP contribution in [-0.2, 0) is 15.0 Å². The highest BCUT2D eigenvalue weighted by Gasteiger charge is 2.61. The lowest BCUT2D eigenvalue weighted by atomic mass is 9.59. The van der Waals surface area contributed by atoms with Gasteiger partial charge < -0.3 is 10.6 Å². The Balaban J connectivity index is 1.81. The van der Waals surface area contributed by atoms with Crippen molar-refractivity contribution in [1.82, 2.24) is 5.32 Å². The average molecular weight is 472 g/mol. The van der Waals surface area contributed by atoms with Crippen molar-refractivity contribution in [2.45, 2.75) is 23.8 Å². The van der Waals surface area contributed by atoms with Gasteiger partial charge in [0.25, 0.3) is 0 Å². The maximum Gasteiger partial charge on any atom is 0.238 e. The topological polar surface area (TPSA) is 58.2 Å². The van der Waals surface area contributed by atoms with E-state index >= 15 is 0 Å². The Morgan fingerprint density at radius 3 is 2.16 bits per heavy atom. The van der Waals surface area contributed by atoms with E-state index in [0.29, 0.717) is 20.8 Å². The van der Waals surface area contributed by atoms with Gasteiger partial charge in [-0.2, -0.15) is 0 Å². The van der Waals surface area contributed by atoms with Crippen LogP contribution >= 0.6 is 34.8 Å². The fraction of sp³-hybridized carbons (Fsp3) is 0.167. The maximum atomic E-state index is 13.8. The summed E-state index contributed by atoms with van der Waals surface area (Å²) in [5.41, 5.74) is 1.92. The van der Waals surface area contributed by atoms with Crippen LogP contribution in [0.5, 0.6) is 0 Å². The van der Waals surface area contributed by atoms with Gasteiger partial charge >= 0.3 is 0 Å². The van der Waals surface area contributed by atoms with Crippen LogP contribution in [0.15, 0.2) is 66.7 Å². The summed E-state index contributed by atoms with van der Waals surface area (Å²) < 4.78 is 0. The molecule has 5 rings (SSSR count). The number of fused-ring (bicyclic) bond motifs is 2. The number of hydrogen-bond donors (Lipinski definition) is 2. The zero-order chi connectivity index (χ0) is 21.8. The molecule has 3 aromatic rings. The van der Waals surface area contributed by atoms with Crippen molar-refractivity contribution in [3.05, 3.63) is 98.5 Å². The molecule has 3 unspecified atom stereocenters. The third-order valence-electron chi connectivity index (χ3n) is 6.18. The summed E-state index contributed by atoms with van der Waals surface area (Å²) in [6.45, 7) is 0. The SMILES string of the molecule is O=C1CC(c2cccc(Cl)c2)C2(C(=O)Nc3cc(Cl)ccc32)C(c2cccc(Cl)c2)N1. The van der Waals surface area contributed by atoms with Crippen molar-refractivity contribution in [3.8, 4) is 0 Å². The molecule has 31 heavy (non-hydrogen) atoms. The van der Waals surface area contributed by atoms with Crippen molar-refractivity contribution < 1.29 is 9.59 Å². The number of halogens is 3. The fourth-order valence-electron chi connectivity index (χ4n) is 4.98. The van der Waals surface area contributed by atoms with Crippen LogP contribution < -0.4 is 10.6 Å². The van der Waals surface area contributed by atoms with Crippen molar-refractivity contribution in [3.63, 3.8) is 0 Å². The minimum atomic E-state index is -1.09. The van der Waals surface area contributed by atoms with Gasteiger partial charge in [-0.3, -0.25) is 9.59 Å². The second kappa shape index (κ2) is 7.56. The predicted octanol–water partition coefficient (Wildman–Crippen LogP) is 5.88. The Morgan fingerprint density at radius 1 is 0.806 bits per heavy atom. The van der Waals surface area contributed by atoms with Crippen molar-refractivity contribution >= 4 is 52.3 Å². The number of piperidine rings is 1. The number of carbonyl (C=O) groups excluding carboxylic acids is 2. The van der Waals surface area contributed by atoms with Crippen LogP contribution in [0.3, 0.4) is 0 Å². The number of rotatable bonds is 2. The summed E-state index contributed by atoms with van der Waals surface area (Å²) in [5.74, 6) is -0.776. The van der Waals surface area contributed by atoms with Gasteiger partial charge in [0.2, 0.25) is 11.8 Å². The van der Waals surface area contributed by atoms with Crippen LogP contribution in [-0.4, -0.2) is 11.8 Å². The van der Waals surface area contributed by atoms with Gasteiger partial charge in [0.15, 0.2) is 0 Å². The molecule has 0 aliphatic carbocycles. The molecule has 1 fully saturated rings. The Morgan fingerprint density at radius 2 is 1.45 bits per heavy atom. The predicted molar refractivity (Wildman–Crippen MR) is 123 cm³/mol. The normalized spacial score (nSPS) is 24.6. The van der Waals surface area contributed by atoms with E-state index in [9.17, 15) is 9.59 Å². The highest BCUT2D eigenvalue weighted by atomic mass is 35.5. The third-order valence-corrected chi connectivity index (χ3v) is 6.89. The molecule has 7 heteroatoms. The molecule has 156 valence electrons. The molecule has 0 saturated carbocycles. The van der Waals surface area contributed by atoms with E-state index in [1.54, 1.807) is 30.3 Å². The largest absolute Gasteiger partial charge is 0.348 e. The molecule has 2 amide bonds. The molecule has 1 spiro atoms. The van der Waals surface area contributed by atoms with Crippen molar-refractivity contribution in [2.75, 3.05) is 5.32 Å². The highest BCUT2D eigenvalue weighted by Crippen LogP contribution is 2.57. The van der Waals surface area contributed by atoms with Gasteiger partial charge in [0.05, 0.1) is 6.04 Å². The maximum absolute atomic E-state index is 13.8. The first kappa shape index (κ1) is 20.4. The molecule has 2 N–H and O–H groups in total. The molecular formula is C24H17Cl3N2O2. The molecule has 3 aromatic carbocycles. The van der Waals surface area contributed by atoms with E-state index in [-0.39, 0.29) is 18.2 Å². The van der Waals surface area contributed by atoms with E-state index in [1.165, 1.54) is 0 Å². The van der Waals surface area contributed by atoms with Crippen LogP contribution in [0.2, 0.25) is 15.1 Å². The van der Waals surface area contributed by atoms with E-state index in [2.05, 4.69) is 10.6 Å². The lowest BCUT2D eigenvalue weighted by Gasteiger charge is -2.46. The van der Waals surface area contributed by atoms with Gasteiger partial charge in [-0.1, -0.05) is 65.1 Å². The second-order valence-corrected chi connectivity index (χ2v) is 9.19. The first-order valence-corrected chi connectivity index (χ1v) is 10.9. The lowest BCUT2D eigenvalue weighted by molar-refractivity contribution is -0.131. The van der Waals surface area contributed by atoms with Crippen molar-refractivity contribution in [2.24, 2.45) is 0 Å². The number of anilines is 1. The summed E-state index contributed by atoms with van der Waals surface area (Å²) in [4.78, 5) is 26.7. The molecule has 4 nitrogen and oxygen atoms in total. The number of hydrogen-bond acceptors (Lipinski definition) is 2. The van der Waals surface area contributed by atoms with Gasteiger partial charge in [0, 0.05) is 33.1 Å². The minimum absolute atomic E-state index is 0.143. The monoisotopic (exact) mass is 470 g/mol. The van der Waals surface area contributed by atoms with E-state index < -0.39 is 17.4 Å². The first-order chi connectivity index (χ1) is 14.9. The molecule has 2 aliphatic heterocycles. The lowest BCUT2D eigenvalue weighted by Crippen LogP contribution is -2.56. The van der Waals surface area contributed by atoms with Crippen LogP contribution in [0, 0.1) is 0 Å². The summed E-state index contributed by atoms with van der Waals surface area (Å²) >= 11 is 18.8.